The van der Waals surface area contributed by atoms with Gasteiger partial charge in [0.2, 0.25) is 0 Å². The molecule has 0 saturated carbocycles. The van der Waals surface area contributed by atoms with Crippen LogP contribution in [0.25, 0.3) is 0 Å². The Morgan fingerprint density at radius 2 is 1.59 bits per heavy atom. The van der Waals surface area contributed by atoms with Crippen LogP contribution in [0.5, 0.6) is 0 Å². The van der Waals surface area contributed by atoms with Gasteiger partial charge in [0, 0.05) is 48.5 Å². The fraction of sp³-hybridized carbons (Fsp3) is 0.250. The second-order valence-electron chi connectivity index (χ2n) is 8.09. The molecule has 0 aliphatic carbocycles. The van der Waals surface area contributed by atoms with E-state index in [1.54, 1.807) is 36.4 Å². The average Bonchev–Trinajstić information content (AvgIpc) is 3.18. The normalized spacial score (nSPS) is 14.7. The zero-order valence-corrected chi connectivity index (χ0v) is 21.5. The van der Waals surface area contributed by atoms with Crippen LogP contribution in [-0.2, 0) is 6.54 Å². The molecule has 0 atom stereocenters. The molecule has 1 fully saturated rings. The number of likely N-dealkylation sites (N-methyl/N-ethyl adjacent to an activating group) is 1. The Kier molecular flexibility index (Phi) is 8.14. The predicted octanol–water partition coefficient (Wildman–Crippen LogP) is 5.96. The molecule has 1 saturated heterocycles. The van der Waals surface area contributed by atoms with Gasteiger partial charge in [-0.15, -0.1) is 11.3 Å². The molecule has 0 bridgehead atoms. The first-order valence-electron chi connectivity index (χ1n) is 10.6. The molecule has 3 aromatic rings. The summed E-state index contributed by atoms with van der Waals surface area (Å²) in [6, 6.07) is 11.5. The quantitative estimate of drug-likeness (QED) is 0.407. The largest absolute Gasteiger partial charge is 0.322 e. The van der Waals surface area contributed by atoms with Gasteiger partial charge >= 0.3 is 0 Å². The predicted molar refractivity (Wildman–Crippen MR) is 141 cm³/mol. The van der Waals surface area contributed by atoms with E-state index in [1.807, 2.05) is 5.38 Å². The van der Waals surface area contributed by atoms with Gasteiger partial charge in [0.05, 0.1) is 16.3 Å². The van der Waals surface area contributed by atoms with Crippen molar-refractivity contribution in [3.05, 3.63) is 78.9 Å². The van der Waals surface area contributed by atoms with Gasteiger partial charge in [-0.2, -0.15) is 0 Å². The molecule has 2 N–H and O–H groups in total. The topological polar surface area (TPSA) is 64.7 Å². The Bertz CT molecular complexity index is 1190. The minimum absolute atomic E-state index is 0.237. The molecule has 0 spiro atoms. The summed E-state index contributed by atoms with van der Waals surface area (Å²) in [7, 11) is 2.11. The smallest absolute Gasteiger partial charge is 0.267 e. The molecule has 1 aliphatic rings. The van der Waals surface area contributed by atoms with Crippen molar-refractivity contribution < 1.29 is 9.59 Å². The molecule has 0 unspecified atom stereocenters. The number of amides is 2. The molecular formula is C24H23Cl3N4O2S. The summed E-state index contributed by atoms with van der Waals surface area (Å²) >= 11 is 19.9. The van der Waals surface area contributed by atoms with Gasteiger partial charge in [-0.3, -0.25) is 14.5 Å². The van der Waals surface area contributed by atoms with Crippen LogP contribution in [0.15, 0.2) is 47.8 Å². The van der Waals surface area contributed by atoms with Gasteiger partial charge in [0.25, 0.3) is 11.8 Å². The maximum Gasteiger partial charge on any atom is 0.267 e. The van der Waals surface area contributed by atoms with Gasteiger partial charge in [0.1, 0.15) is 4.88 Å². The average molecular weight is 538 g/mol. The van der Waals surface area contributed by atoms with E-state index in [9.17, 15) is 9.59 Å². The lowest BCUT2D eigenvalue weighted by Crippen LogP contribution is -2.43. The van der Waals surface area contributed by atoms with Crippen LogP contribution >= 0.6 is 46.1 Å². The number of anilines is 2. The first-order chi connectivity index (χ1) is 16.3. The summed E-state index contributed by atoms with van der Waals surface area (Å²) in [6.07, 6.45) is 0. The van der Waals surface area contributed by atoms with Crippen LogP contribution in [0.4, 0.5) is 11.4 Å². The highest BCUT2D eigenvalue weighted by atomic mass is 35.5. The van der Waals surface area contributed by atoms with Crippen LogP contribution < -0.4 is 10.6 Å². The second kappa shape index (κ2) is 11.1. The number of benzene rings is 2. The maximum atomic E-state index is 13.1. The first-order valence-corrected chi connectivity index (χ1v) is 12.7. The molecule has 34 heavy (non-hydrogen) atoms. The molecule has 6 nitrogen and oxygen atoms in total. The number of hydrogen-bond acceptors (Lipinski definition) is 5. The molecule has 0 radical (unpaired) electrons. The zero-order valence-electron chi connectivity index (χ0n) is 18.4. The second-order valence-corrected chi connectivity index (χ2v) is 10.2. The lowest BCUT2D eigenvalue weighted by Gasteiger charge is -2.32. The number of thiophene rings is 1. The summed E-state index contributed by atoms with van der Waals surface area (Å²) < 4.78 is 0. The van der Waals surface area contributed by atoms with E-state index in [1.165, 1.54) is 17.4 Å². The number of piperazine rings is 1. The first kappa shape index (κ1) is 25.0. The van der Waals surface area contributed by atoms with Crippen LogP contribution in [0.1, 0.15) is 25.6 Å². The van der Waals surface area contributed by atoms with E-state index >= 15 is 0 Å². The third kappa shape index (κ3) is 6.10. The van der Waals surface area contributed by atoms with Crippen LogP contribution in [0.2, 0.25) is 15.1 Å². The summed E-state index contributed by atoms with van der Waals surface area (Å²) in [5.74, 6) is -0.782. The van der Waals surface area contributed by atoms with Crippen molar-refractivity contribution in [3.8, 4) is 0 Å². The number of halogens is 3. The fourth-order valence-corrected chi connectivity index (χ4v) is 5.15. The summed E-state index contributed by atoms with van der Waals surface area (Å²) in [5.41, 5.74) is 2.08. The Morgan fingerprint density at radius 3 is 2.29 bits per heavy atom. The number of nitrogens with zero attached hydrogens (tertiary/aromatic N) is 2. The van der Waals surface area contributed by atoms with E-state index in [0.29, 0.717) is 37.9 Å². The molecule has 10 heteroatoms. The minimum atomic E-state index is -0.409. The van der Waals surface area contributed by atoms with Crippen LogP contribution in [-0.4, -0.2) is 54.8 Å². The van der Waals surface area contributed by atoms with Gasteiger partial charge in [-0.1, -0.05) is 34.8 Å². The van der Waals surface area contributed by atoms with Gasteiger partial charge < -0.3 is 15.5 Å². The Balaban J connectivity index is 1.48. The van der Waals surface area contributed by atoms with Gasteiger partial charge in [0.15, 0.2) is 0 Å². The van der Waals surface area contributed by atoms with Gasteiger partial charge in [-0.25, -0.2) is 0 Å². The third-order valence-corrected chi connectivity index (χ3v) is 7.63. The number of carbonyl (C=O) groups is 2. The zero-order chi connectivity index (χ0) is 24.2. The maximum absolute atomic E-state index is 13.1. The van der Waals surface area contributed by atoms with Crippen molar-refractivity contribution in [1.82, 2.24) is 9.80 Å². The lowest BCUT2D eigenvalue weighted by atomic mass is 10.1. The van der Waals surface area contributed by atoms with Crippen LogP contribution in [0.3, 0.4) is 0 Å². The van der Waals surface area contributed by atoms with Crippen molar-refractivity contribution in [3.63, 3.8) is 0 Å². The minimum Gasteiger partial charge on any atom is -0.322 e. The van der Waals surface area contributed by atoms with E-state index in [4.69, 9.17) is 34.8 Å². The molecular weight excluding hydrogens is 515 g/mol. The standard InChI is InChI=1S/C24H23Cl3N4O2S/c1-30-8-10-31(11-9-30)13-15-14-34-22(21(15)27)24(33)29-20-7-4-17(26)12-19(20)23(32)28-18-5-2-16(25)3-6-18/h2-7,12,14H,8-11,13H2,1H3,(H,28,32)(H,29,33). The Labute approximate surface area is 217 Å². The van der Waals surface area contributed by atoms with E-state index in [-0.39, 0.29) is 11.5 Å². The number of nitrogens with one attached hydrogen (secondary N) is 2. The highest BCUT2D eigenvalue weighted by molar-refractivity contribution is 7.13. The highest BCUT2D eigenvalue weighted by Gasteiger charge is 2.22. The van der Waals surface area contributed by atoms with Crippen molar-refractivity contribution in [2.75, 3.05) is 43.9 Å². The third-order valence-electron chi connectivity index (χ3n) is 5.57. The molecule has 1 aromatic heterocycles. The number of hydrogen-bond donors (Lipinski definition) is 2. The summed E-state index contributed by atoms with van der Waals surface area (Å²) in [6.45, 7) is 4.63. The van der Waals surface area contributed by atoms with Crippen LogP contribution in [0, 0.1) is 0 Å². The lowest BCUT2D eigenvalue weighted by molar-refractivity contribution is 0.102. The molecule has 2 amide bonds. The fourth-order valence-electron chi connectivity index (χ4n) is 3.61. The summed E-state index contributed by atoms with van der Waals surface area (Å²) in [4.78, 5) is 31.0. The highest BCUT2D eigenvalue weighted by Crippen LogP contribution is 2.31. The SMILES string of the molecule is CN1CCN(Cc2csc(C(=O)Nc3ccc(Cl)cc3C(=O)Nc3ccc(Cl)cc3)c2Cl)CC1. The molecule has 4 rings (SSSR count). The molecule has 178 valence electrons. The summed E-state index contributed by atoms with van der Waals surface area (Å²) in [5, 5.41) is 8.92. The monoisotopic (exact) mass is 536 g/mol. The van der Waals surface area contributed by atoms with Crippen molar-refractivity contribution in [2.45, 2.75) is 6.54 Å². The Morgan fingerprint density at radius 1 is 0.912 bits per heavy atom. The number of carbonyl (C=O) groups excluding carboxylic acids is 2. The van der Waals surface area contributed by atoms with Crippen molar-refractivity contribution in [2.24, 2.45) is 0 Å². The van der Waals surface area contributed by atoms with Gasteiger partial charge in [-0.05, 0) is 60.5 Å². The molecule has 1 aliphatic heterocycles. The van der Waals surface area contributed by atoms with E-state index in [0.717, 1.165) is 31.7 Å². The Hall–Kier alpha value is -2.13. The molecule has 2 aromatic carbocycles. The molecule has 2 heterocycles. The van der Waals surface area contributed by atoms with E-state index in [2.05, 4.69) is 27.5 Å². The van der Waals surface area contributed by atoms with E-state index < -0.39 is 5.91 Å². The van der Waals surface area contributed by atoms with Crippen molar-refractivity contribution >= 4 is 69.3 Å². The van der Waals surface area contributed by atoms with Crippen molar-refractivity contribution in [1.29, 1.82) is 0 Å². The number of rotatable bonds is 6.